The summed E-state index contributed by atoms with van der Waals surface area (Å²) in [4.78, 5) is 18.2. The predicted octanol–water partition coefficient (Wildman–Crippen LogP) is 2.30. The van der Waals surface area contributed by atoms with Crippen LogP contribution in [0, 0.1) is 6.92 Å². The smallest absolute Gasteiger partial charge is 0.325 e. The van der Waals surface area contributed by atoms with E-state index < -0.39 is 5.97 Å². The van der Waals surface area contributed by atoms with E-state index in [1.165, 1.54) is 5.69 Å². The molecule has 0 unspecified atom stereocenters. The van der Waals surface area contributed by atoms with Gasteiger partial charge in [-0.25, -0.2) is 4.98 Å². The third-order valence-corrected chi connectivity index (χ3v) is 5.16. The summed E-state index contributed by atoms with van der Waals surface area (Å²) in [6.07, 6.45) is 5.92. The summed E-state index contributed by atoms with van der Waals surface area (Å²) in [7, 11) is 0. The molecular formula is C19H23N5O2. The van der Waals surface area contributed by atoms with Gasteiger partial charge in [0.25, 0.3) is 0 Å². The number of aryl methyl sites for hydroxylation is 1. The fourth-order valence-electron chi connectivity index (χ4n) is 3.96. The summed E-state index contributed by atoms with van der Waals surface area (Å²) in [6.45, 7) is 4.78. The molecule has 0 amide bonds. The normalized spacial score (nSPS) is 18.4. The number of imidazole rings is 1. The second-order valence-electron chi connectivity index (χ2n) is 6.95. The third-order valence-electron chi connectivity index (χ3n) is 5.16. The highest BCUT2D eigenvalue weighted by atomic mass is 16.4. The number of rotatable bonds is 5. The molecule has 0 aliphatic carbocycles. The molecule has 0 radical (unpaired) electrons. The van der Waals surface area contributed by atoms with Crippen molar-refractivity contribution < 1.29 is 9.90 Å². The molecule has 1 N–H and O–H groups in total. The Labute approximate surface area is 151 Å². The predicted molar refractivity (Wildman–Crippen MR) is 97.0 cm³/mol. The van der Waals surface area contributed by atoms with Gasteiger partial charge in [-0.2, -0.15) is 5.10 Å². The highest BCUT2D eigenvalue weighted by molar-refractivity contribution is 5.66. The van der Waals surface area contributed by atoms with Crippen molar-refractivity contribution in [3.8, 4) is 0 Å². The van der Waals surface area contributed by atoms with Crippen molar-refractivity contribution in [2.24, 2.45) is 0 Å². The fourth-order valence-corrected chi connectivity index (χ4v) is 3.96. The van der Waals surface area contributed by atoms with Gasteiger partial charge < -0.3 is 9.51 Å². The van der Waals surface area contributed by atoms with Gasteiger partial charge >= 0.3 is 5.97 Å². The average molecular weight is 353 g/mol. The Kier molecular flexibility index (Phi) is 4.46. The molecule has 26 heavy (non-hydrogen) atoms. The first-order valence-electron chi connectivity index (χ1n) is 9.00. The number of aliphatic carboxylic acids is 1. The summed E-state index contributed by atoms with van der Waals surface area (Å²) in [5, 5.41) is 13.3. The van der Waals surface area contributed by atoms with Crippen molar-refractivity contribution in [1.29, 1.82) is 0 Å². The maximum Gasteiger partial charge on any atom is 0.325 e. The SMILES string of the molecule is Cc1nc2ccccn2c1CN1CCC[C@H](c2ccnn2CC(=O)O)C1. The van der Waals surface area contributed by atoms with Gasteiger partial charge in [0.2, 0.25) is 0 Å². The Morgan fingerprint density at radius 2 is 2.23 bits per heavy atom. The Bertz CT molecular complexity index is 929. The van der Waals surface area contributed by atoms with Crippen LogP contribution in [-0.4, -0.2) is 48.2 Å². The van der Waals surface area contributed by atoms with E-state index in [4.69, 9.17) is 5.11 Å². The summed E-state index contributed by atoms with van der Waals surface area (Å²) < 4.78 is 3.78. The van der Waals surface area contributed by atoms with Crippen molar-refractivity contribution in [2.45, 2.75) is 38.8 Å². The monoisotopic (exact) mass is 353 g/mol. The van der Waals surface area contributed by atoms with Crippen LogP contribution in [0.2, 0.25) is 0 Å². The zero-order valence-corrected chi connectivity index (χ0v) is 14.9. The number of aromatic nitrogens is 4. The van der Waals surface area contributed by atoms with Gasteiger partial charge in [0.1, 0.15) is 12.2 Å². The van der Waals surface area contributed by atoms with Crippen LogP contribution < -0.4 is 0 Å². The minimum absolute atomic E-state index is 0.0782. The van der Waals surface area contributed by atoms with E-state index in [2.05, 4.69) is 32.5 Å². The maximum atomic E-state index is 11.1. The van der Waals surface area contributed by atoms with Crippen LogP contribution in [-0.2, 0) is 17.9 Å². The standard InChI is InChI=1S/C19H23N5O2/c1-14-17(23-10-3-2-6-18(23)21-14)12-22-9-4-5-15(11-22)16-7-8-20-24(16)13-19(25)26/h2-3,6-8,10,15H,4-5,9,11-13H2,1H3,(H,25,26)/t15-/m0/s1. The zero-order valence-electron chi connectivity index (χ0n) is 14.9. The van der Waals surface area contributed by atoms with Crippen molar-refractivity contribution in [3.63, 3.8) is 0 Å². The minimum atomic E-state index is -0.857. The van der Waals surface area contributed by atoms with Crippen molar-refractivity contribution in [2.75, 3.05) is 13.1 Å². The number of fused-ring (bicyclic) bond motifs is 1. The lowest BCUT2D eigenvalue weighted by Crippen LogP contribution is -2.35. The molecular weight excluding hydrogens is 330 g/mol. The van der Waals surface area contributed by atoms with Crippen LogP contribution in [0.4, 0.5) is 0 Å². The van der Waals surface area contributed by atoms with Crippen molar-refractivity contribution in [3.05, 3.63) is 53.7 Å². The molecule has 4 rings (SSSR count). The van der Waals surface area contributed by atoms with Gasteiger partial charge in [-0.05, 0) is 44.5 Å². The zero-order chi connectivity index (χ0) is 18.1. The number of carboxylic acids is 1. The Morgan fingerprint density at radius 3 is 3.08 bits per heavy atom. The molecule has 1 saturated heterocycles. The molecule has 0 bridgehead atoms. The lowest BCUT2D eigenvalue weighted by molar-refractivity contribution is -0.137. The number of nitrogens with zero attached hydrogens (tertiary/aromatic N) is 5. The molecule has 1 atom stereocenters. The van der Waals surface area contributed by atoms with Crippen molar-refractivity contribution in [1.82, 2.24) is 24.1 Å². The number of pyridine rings is 1. The first-order chi connectivity index (χ1) is 12.6. The molecule has 1 fully saturated rings. The average Bonchev–Trinajstić information content (AvgIpc) is 3.19. The van der Waals surface area contributed by atoms with E-state index >= 15 is 0 Å². The topological polar surface area (TPSA) is 75.7 Å². The Hall–Kier alpha value is -2.67. The van der Waals surface area contributed by atoms with Crippen LogP contribution in [0.1, 0.15) is 35.8 Å². The van der Waals surface area contributed by atoms with Gasteiger partial charge in [0.05, 0.1) is 11.4 Å². The van der Waals surface area contributed by atoms with E-state index in [1.807, 2.05) is 24.3 Å². The number of piperidine rings is 1. The first kappa shape index (κ1) is 16.8. The van der Waals surface area contributed by atoms with Crippen LogP contribution in [0.5, 0.6) is 0 Å². The summed E-state index contributed by atoms with van der Waals surface area (Å²) in [5.41, 5.74) is 4.29. The van der Waals surface area contributed by atoms with Crippen molar-refractivity contribution >= 4 is 11.6 Å². The van der Waals surface area contributed by atoms with Gasteiger partial charge in [0.15, 0.2) is 0 Å². The molecule has 0 spiro atoms. The molecule has 4 heterocycles. The van der Waals surface area contributed by atoms with Crippen LogP contribution in [0.3, 0.4) is 0 Å². The lowest BCUT2D eigenvalue weighted by atomic mass is 9.94. The second-order valence-corrected chi connectivity index (χ2v) is 6.95. The third kappa shape index (κ3) is 3.22. The van der Waals surface area contributed by atoms with E-state index in [0.717, 1.165) is 49.5 Å². The Balaban J connectivity index is 1.53. The molecule has 0 aromatic carbocycles. The summed E-state index contributed by atoms with van der Waals surface area (Å²) in [6, 6.07) is 8.02. The maximum absolute atomic E-state index is 11.1. The second kappa shape index (κ2) is 6.92. The molecule has 0 saturated carbocycles. The number of carboxylic acid groups (broad SMARTS) is 1. The summed E-state index contributed by atoms with van der Waals surface area (Å²) in [5.74, 6) is -0.547. The van der Waals surface area contributed by atoms with E-state index in [9.17, 15) is 4.79 Å². The van der Waals surface area contributed by atoms with Crippen LogP contribution in [0.15, 0.2) is 36.7 Å². The van der Waals surface area contributed by atoms with Crippen LogP contribution >= 0.6 is 0 Å². The number of likely N-dealkylation sites (tertiary alicyclic amines) is 1. The molecule has 3 aromatic rings. The minimum Gasteiger partial charge on any atom is -0.480 e. The summed E-state index contributed by atoms with van der Waals surface area (Å²) >= 11 is 0. The molecule has 1 aliphatic heterocycles. The fraction of sp³-hybridized carbons (Fsp3) is 0.421. The van der Waals surface area contributed by atoms with Gasteiger partial charge in [-0.3, -0.25) is 14.4 Å². The molecule has 3 aromatic heterocycles. The number of hydrogen-bond donors (Lipinski definition) is 1. The first-order valence-corrected chi connectivity index (χ1v) is 9.00. The van der Waals surface area contributed by atoms with E-state index in [-0.39, 0.29) is 6.54 Å². The molecule has 7 nitrogen and oxygen atoms in total. The van der Waals surface area contributed by atoms with Crippen LogP contribution in [0.25, 0.3) is 5.65 Å². The van der Waals surface area contributed by atoms with Gasteiger partial charge in [0, 0.05) is 37.1 Å². The van der Waals surface area contributed by atoms with Gasteiger partial charge in [-0.1, -0.05) is 6.07 Å². The Morgan fingerprint density at radius 1 is 1.35 bits per heavy atom. The number of carbonyl (C=O) groups is 1. The van der Waals surface area contributed by atoms with Gasteiger partial charge in [-0.15, -0.1) is 0 Å². The molecule has 1 aliphatic rings. The highest BCUT2D eigenvalue weighted by Crippen LogP contribution is 2.28. The van der Waals surface area contributed by atoms with E-state index in [0.29, 0.717) is 5.92 Å². The largest absolute Gasteiger partial charge is 0.480 e. The molecule has 7 heteroatoms. The highest BCUT2D eigenvalue weighted by Gasteiger charge is 2.25. The van der Waals surface area contributed by atoms with E-state index in [1.54, 1.807) is 10.9 Å². The number of hydrogen-bond acceptors (Lipinski definition) is 4. The molecule has 136 valence electrons. The lowest BCUT2D eigenvalue weighted by Gasteiger charge is -2.32. The quantitative estimate of drug-likeness (QED) is 0.762.